The van der Waals surface area contributed by atoms with E-state index in [2.05, 4.69) is 29.6 Å². The van der Waals surface area contributed by atoms with Crippen LogP contribution in [0.5, 0.6) is 0 Å². The van der Waals surface area contributed by atoms with Gasteiger partial charge in [0.15, 0.2) is 0 Å². The topological polar surface area (TPSA) is 49.3 Å². The zero-order chi connectivity index (χ0) is 15.2. The zero-order valence-corrected chi connectivity index (χ0v) is 13.6. The molecule has 4 heteroatoms. The molecule has 22 heavy (non-hydrogen) atoms. The Morgan fingerprint density at radius 3 is 2.91 bits per heavy atom. The first-order valence-corrected chi connectivity index (χ1v) is 9.51. The largest absolute Gasteiger partial charge is 0.380 e. The van der Waals surface area contributed by atoms with Crippen LogP contribution in [-0.4, -0.2) is 34.7 Å². The molecule has 0 radical (unpaired) electrons. The van der Waals surface area contributed by atoms with Crippen LogP contribution < -0.4 is 5.32 Å². The first kappa shape index (κ1) is 14.6. The third-order valence-electron chi connectivity index (χ3n) is 5.73. The number of thioether (sulfide) groups is 1. The molecule has 0 aromatic heterocycles. The Kier molecular flexibility index (Phi) is 3.69. The number of hydrogen-bond acceptors (Lipinski definition) is 3. The van der Waals surface area contributed by atoms with Crippen LogP contribution in [0.25, 0.3) is 0 Å². The molecule has 1 amide bonds. The van der Waals surface area contributed by atoms with Crippen LogP contribution in [0.2, 0.25) is 0 Å². The fourth-order valence-corrected chi connectivity index (χ4v) is 5.47. The standard InChI is InChI=1S/C18H23NO2S/c20-17(18(21)7-9-22-10-8-18)19-11-15-14-6-5-12-3-1-2-4-13(12)16(14)15/h1-4,14-16,21H,5-11H2,(H,19,20). The molecule has 0 bridgehead atoms. The van der Waals surface area contributed by atoms with Crippen molar-refractivity contribution in [2.24, 2.45) is 11.8 Å². The predicted octanol–water partition coefficient (Wildman–Crippen LogP) is 2.34. The number of benzene rings is 1. The summed E-state index contributed by atoms with van der Waals surface area (Å²) in [5.74, 6) is 3.53. The molecular weight excluding hydrogens is 294 g/mol. The van der Waals surface area contributed by atoms with E-state index in [9.17, 15) is 9.90 Å². The number of carbonyl (C=O) groups is 1. The fraction of sp³-hybridized carbons (Fsp3) is 0.611. The lowest BCUT2D eigenvalue weighted by atomic mass is 9.92. The summed E-state index contributed by atoms with van der Waals surface area (Å²) in [6.45, 7) is 0.720. The molecule has 3 nitrogen and oxygen atoms in total. The van der Waals surface area contributed by atoms with Gasteiger partial charge in [0.05, 0.1) is 0 Å². The SMILES string of the molecule is O=C(NCC1C2CCc3ccccc3C21)C1(O)CCSCC1. The summed E-state index contributed by atoms with van der Waals surface area (Å²) < 4.78 is 0. The van der Waals surface area contributed by atoms with Crippen LogP contribution in [0, 0.1) is 11.8 Å². The van der Waals surface area contributed by atoms with Crippen LogP contribution in [0.4, 0.5) is 0 Å². The average molecular weight is 317 g/mol. The number of nitrogens with one attached hydrogen (secondary N) is 1. The van der Waals surface area contributed by atoms with Gasteiger partial charge in [-0.1, -0.05) is 24.3 Å². The minimum absolute atomic E-state index is 0.148. The second-order valence-electron chi connectivity index (χ2n) is 6.94. The molecule has 1 heterocycles. The summed E-state index contributed by atoms with van der Waals surface area (Å²) in [7, 11) is 0. The van der Waals surface area contributed by atoms with Gasteiger partial charge in [-0.3, -0.25) is 4.79 Å². The molecular formula is C18H23NO2S. The minimum Gasteiger partial charge on any atom is -0.380 e. The van der Waals surface area contributed by atoms with E-state index in [1.165, 1.54) is 24.0 Å². The minimum atomic E-state index is -1.12. The van der Waals surface area contributed by atoms with Gasteiger partial charge >= 0.3 is 0 Å². The van der Waals surface area contributed by atoms with E-state index < -0.39 is 5.60 Å². The summed E-state index contributed by atoms with van der Waals surface area (Å²) in [6.07, 6.45) is 3.58. The van der Waals surface area contributed by atoms with Gasteiger partial charge in [-0.25, -0.2) is 0 Å². The molecule has 3 aliphatic rings. The highest BCUT2D eigenvalue weighted by atomic mass is 32.2. The van der Waals surface area contributed by atoms with E-state index in [0.717, 1.165) is 24.0 Å². The highest BCUT2D eigenvalue weighted by molar-refractivity contribution is 7.99. The molecule has 1 aromatic rings. The van der Waals surface area contributed by atoms with Crippen LogP contribution >= 0.6 is 11.8 Å². The van der Waals surface area contributed by atoms with Gasteiger partial charge < -0.3 is 10.4 Å². The van der Waals surface area contributed by atoms with Gasteiger partial charge in [-0.2, -0.15) is 11.8 Å². The van der Waals surface area contributed by atoms with Crippen LogP contribution in [0.15, 0.2) is 24.3 Å². The second kappa shape index (κ2) is 5.57. The Balaban J connectivity index is 1.37. The third-order valence-corrected chi connectivity index (χ3v) is 6.72. The fourth-order valence-electron chi connectivity index (χ4n) is 4.30. The van der Waals surface area contributed by atoms with Gasteiger partial charge in [-0.15, -0.1) is 0 Å². The van der Waals surface area contributed by atoms with E-state index in [0.29, 0.717) is 24.7 Å². The van der Waals surface area contributed by atoms with Gasteiger partial charge in [0, 0.05) is 6.54 Å². The number of aryl methyl sites for hydroxylation is 1. The predicted molar refractivity (Wildman–Crippen MR) is 89.0 cm³/mol. The number of amides is 1. The Bertz CT molecular complexity index is 582. The van der Waals surface area contributed by atoms with Gasteiger partial charge in [0.2, 0.25) is 0 Å². The maximum absolute atomic E-state index is 12.3. The van der Waals surface area contributed by atoms with E-state index in [-0.39, 0.29) is 5.91 Å². The lowest BCUT2D eigenvalue weighted by molar-refractivity contribution is -0.140. The van der Waals surface area contributed by atoms with Crippen LogP contribution in [-0.2, 0) is 11.2 Å². The second-order valence-corrected chi connectivity index (χ2v) is 8.17. The van der Waals surface area contributed by atoms with E-state index in [1.807, 2.05) is 11.8 Å². The number of aliphatic hydroxyl groups is 1. The Morgan fingerprint density at radius 1 is 1.32 bits per heavy atom. The van der Waals surface area contributed by atoms with Crippen molar-refractivity contribution in [2.45, 2.75) is 37.2 Å². The molecule has 118 valence electrons. The number of hydrogen-bond donors (Lipinski definition) is 2. The maximum atomic E-state index is 12.3. The van der Waals surface area contributed by atoms with Gasteiger partial charge in [-0.05, 0) is 66.1 Å². The summed E-state index contributed by atoms with van der Waals surface area (Å²) in [6, 6.07) is 8.73. The van der Waals surface area contributed by atoms with Gasteiger partial charge in [0.25, 0.3) is 5.91 Å². The molecule has 0 spiro atoms. The molecule has 2 fully saturated rings. The van der Waals surface area contributed by atoms with Crippen molar-refractivity contribution in [3.63, 3.8) is 0 Å². The van der Waals surface area contributed by atoms with Crippen LogP contribution in [0.3, 0.4) is 0 Å². The number of carbonyl (C=O) groups excluding carboxylic acids is 1. The number of rotatable bonds is 3. The summed E-state index contributed by atoms with van der Waals surface area (Å²) in [5.41, 5.74) is 1.86. The van der Waals surface area contributed by atoms with E-state index >= 15 is 0 Å². The molecule has 3 unspecified atom stereocenters. The average Bonchev–Trinajstić information content (AvgIpc) is 3.27. The molecule has 1 aliphatic heterocycles. The smallest absolute Gasteiger partial charge is 0.252 e. The molecule has 2 N–H and O–H groups in total. The molecule has 4 rings (SSSR count). The summed E-state index contributed by atoms with van der Waals surface area (Å²) in [5, 5.41) is 13.5. The molecule has 2 aliphatic carbocycles. The summed E-state index contributed by atoms with van der Waals surface area (Å²) >= 11 is 1.82. The quantitative estimate of drug-likeness (QED) is 0.899. The Hall–Kier alpha value is -1.00. The molecule has 1 aromatic carbocycles. The lowest BCUT2D eigenvalue weighted by Crippen LogP contribution is -2.49. The molecule has 1 saturated carbocycles. The van der Waals surface area contributed by atoms with Gasteiger partial charge in [0.1, 0.15) is 5.60 Å². The normalized spacial score (nSPS) is 31.8. The third kappa shape index (κ3) is 2.46. The highest BCUT2D eigenvalue weighted by Crippen LogP contribution is 2.59. The van der Waals surface area contributed by atoms with Crippen LogP contribution in [0.1, 0.15) is 36.3 Å². The van der Waals surface area contributed by atoms with E-state index in [4.69, 9.17) is 0 Å². The number of fused-ring (bicyclic) bond motifs is 3. The van der Waals surface area contributed by atoms with Crippen molar-refractivity contribution in [1.29, 1.82) is 0 Å². The molecule has 3 atom stereocenters. The molecule has 1 saturated heterocycles. The first-order valence-electron chi connectivity index (χ1n) is 8.35. The van der Waals surface area contributed by atoms with Crippen molar-refractivity contribution in [3.8, 4) is 0 Å². The first-order chi connectivity index (χ1) is 10.7. The van der Waals surface area contributed by atoms with E-state index in [1.54, 1.807) is 0 Å². The van der Waals surface area contributed by atoms with Crippen molar-refractivity contribution in [1.82, 2.24) is 5.32 Å². The monoisotopic (exact) mass is 317 g/mol. The van der Waals surface area contributed by atoms with Crippen molar-refractivity contribution in [3.05, 3.63) is 35.4 Å². The van der Waals surface area contributed by atoms with Crippen molar-refractivity contribution >= 4 is 17.7 Å². The Morgan fingerprint density at radius 2 is 2.09 bits per heavy atom. The maximum Gasteiger partial charge on any atom is 0.252 e. The highest BCUT2D eigenvalue weighted by Gasteiger charge is 2.53. The lowest BCUT2D eigenvalue weighted by Gasteiger charge is -2.30. The van der Waals surface area contributed by atoms with Crippen molar-refractivity contribution in [2.75, 3.05) is 18.1 Å². The van der Waals surface area contributed by atoms with Crippen molar-refractivity contribution < 1.29 is 9.90 Å². The zero-order valence-electron chi connectivity index (χ0n) is 12.8. The Labute approximate surface area is 135 Å². The summed E-state index contributed by atoms with van der Waals surface area (Å²) in [4.78, 5) is 12.3.